The van der Waals surface area contributed by atoms with Crippen LogP contribution in [0.2, 0.25) is 0 Å². The van der Waals surface area contributed by atoms with Crippen LogP contribution in [0.4, 0.5) is 10.1 Å². The van der Waals surface area contributed by atoms with Gasteiger partial charge in [0.2, 0.25) is 11.8 Å². The molecule has 1 aromatic rings. The zero-order valence-electron chi connectivity index (χ0n) is 15.3. The first-order valence-electron chi connectivity index (χ1n) is 9.00. The highest BCUT2D eigenvalue weighted by Crippen LogP contribution is 2.36. The van der Waals surface area contributed by atoms with Gasteiger partial charge in [-0.2, -0.15) is 0 Å². The van der Waals surface area contributed by atoms with Gasteiger partial charge in [-0.1, -0.05) is 19.3 Å². The molecule has 3 N–H and O–H groups in total. The van der Waals surface area contributed by atoms with E-state index >= 15 is 0 Å². The van der Waals surface area contributed by atoms with E-state index < -0.39 is 16.6 Å². The maximum absolute atomic E-state index is 12.9. The molecular formula is C19H25FN2O4S. The monoisotopic (exact) mass is 396 g/mol. The number of carbonyl (C=O) groups excluding carboxylic acids is 2. The summed E-state index contributed by atoms with van der Waals surface area (Å²) in [7, 11) is 0. The Kier molecular flexibility index (Phi) is 7.65. The topological polar surface area (TPSA) is 95.5 Å². The van der Waals surface area contributed by atoms with E-state index in [1.54, 1.807) is 6.92 Å². The van der Waals surface area contributed by atoms with Gasteiger partial charge in [0.05, 0.1) is 16.4 Å². The fraction of sp³-hybridized carbons (Fsp3) is 0.526. The molecular weight excluding hydrogens is 371 g/mol. The van der Waals surface area contributed by atoms with Gasteiger partial charge in [0.1, 0.15) is 5.82 Å². The molecule has 0 heterocycles. The molecule has 6 nitrogen and oxygen atoms in total. The number of hydrogen-bond donors (Lipinski definition) is 3. The van der Waals surface area contributed by atoms with Crippen LogP contribution < -0.4 is 10.6 Å². The molecule has 1 unspecified atom stereocenters. The SMILES string of the molecule is CC(SCC(=O)Nc1ccc(F)cc1)C(=O)NCC1(C(=O)O)CCCCC1. The van der Waals surface area contributed by atoms with Gasteiger partial charge in [-0.05, 0) is 44.0 Å². The van der Waals surface area contributed by atoms with Crippen LogP contribution in [0.15, 0.2) is 24.3 Å². The highest BCUT2D eigenvalue weighted by atomic mass is 32.2. The molecule has 1 aliphatic carbocycles. The van der Waals surface area contributed by atoms with Crippen molar-refractivity contribution >= 4 is 35.2 Å². The summed E-state index contributed by atoms with van der Waals surface area (Å²) in [6.45, 7) is 1.80. The molecule has 0 spiro atoms. The Morgan fingerprint density at radius 1 is 1.19 bits per heavy atom. The van der Waals surface area contributed by atoms with E-state index in [1.165, 1.54) is 24.3 Å². The van der Waals surface area contributed by atoms with E-state index in [9.17, 15) is 23.9 Å². The number of benzene rings is 1. The number of anilines is 1. The van der Waals surface area contributed by atoms with Gasteiger partial charge in [0.15, 0.2) is 0 Å². The van der Waals surface area contributed by atoms with Crippen molar-refractivity contribution in [1.29, 1.82) is 0 Å². The zero-order valence-corrected chi connectivity index (χ0v) is 16.1. The lowest BCUT2D eigenvalue weighted by Gasteiger charge is -2.33. The average molecular weight is 396 g/mol. The highest BCUT2D eigenvalue weighted by molar-refractivity contribution is 8.01. The van der Waals surface area contributed by atoms with Gasteiger partial charge in [0.25, 0.3) is 0 Å². The van der Waals surface area contributed by atoms with Crippen LogP contribution >= 0.6 is 11.8 Å². The van der Waals surface area contributed by atoms with Gasteiger partial charge >= 0.3 is 5.97 Å². The molecule has 8 heteroatoms. The number of carboxylic acids is 1. The lowest BCUT2D eigenvalue weighted by Crippen LogP contribution is -2.46. The van der Waals surface area contributed by atoms with Crippen LogP contribution in [0.3, 0.4) is 0 Å². The van der Waals surface area contributed by atoms with Crippen LogP contribution in [0.5, 0.6) is 0 Å². The number of carboxylic acid groups (broad SMARTS) is 1. The van der Waals surface area contributed by atoms with E-state index in [1.807, 2.05) is 0 Å². The summed E-state index contributed by atoms with van der Waals surface area (Å²) in [4.78, 5) is 35.8. The first-order valence-corrected chi connectivity index (χ1v) is 10.1. The Morgan fingerprint density at radius 3 is 2.41 bits per heavy atom. The number of hydrogen-bond acceptors (Lipinski definition) is 4. The van der Waals surface area contributed by atoms with Crippen molar-refractivity contribution in [2.45, 2.75) is 44.3 Å². The molecule has 2 amide bonds. The van der Waals surface area contributed by atoms with Gasteiger partial charge in [-0.25, -0.2) is 4.39 Å². The molecule has 0 saturated heterocycles. The molecule has 27 heavy (non-hydrogen) atoms. The number of thioether (sulfide) groups is 1. The number of halogens is 1. The number of carbonyl (C=O) groups is 3. The minimum atomic E-state index is -0.877. The van der Waals surface area contributed by atoms with Crippen LogP contribution in [0.1, 0.15) is 39.0 Å². The summed E-state index contributed by atoms with van der Waals surface area (Å²) in [5, 5.41) is 14.4. The summed E-state index contributed by atoms with van der Waals surface area (Å²) in [6.07, 6.45) is 3.89. The summed E-state index contributed by atoms with van der Waals surface area (Å²) in [5.74, 6) is -1.75. The second kappa shape index (κ2) is 9.73. The molecule has 1 aromatic carbocycles. The van der Waals surface area contributed by atoms with Gasteiger partial charge in [-0.3, -0.25) is 14.4 Å². The molecule has 1 atom stereocenters. The molecule has 1 aliphatic rings. The predicted molar refractivity (Wildman–Crippen MR) is 103 cm³/mol. The lowest BCUT2D eigenvalue weighted by molar-refractivity contribution is -0.151. The molecule has 148 valence electrons. The summed E-state index contributed by atoms with van der Waals surface area (Å²) < 4.78 is 12.9. The minimum Gasteiger partial charge on any atom is -0.481 e. The van der Waals surface area contributed by atoms with E-state index in [0.29, 0.717) is 18.5 Å². The average Bonchev–Trinajstić information content (AvgIpc) is 2.66. The second-order valence-corrected chi connectivity index (χ2v) is 8.20. The Labute approximate surface area is 162 Å². The Morgan fingerprint density at radius 2 is 1.81 bits per heavy atom. The third kappa shape index (κ3) is 6.23. The van der Waals surface area contributed by atoms with Crippen molar-refractivity contribution < 1.29 is 23.9 Å². The maximum Gasteiger partial charge on any atom is 0.311 e. The molecule has 2 rings (SSSR count). The molecule has 0 aliphatic heterocycles. The fourth-order valence-corrected chi connectivity index (χ4v) is 3.81. The first-order chi connectivity index (χ1) is 12.8. The van der Waals surface area contributed by atoms with Gasteiger partial charge in [-0.15, -0.1) is 11.8 Å². The number of aliphatic carboxylic acids is 1. The smallest absolute Gasteiger partial charge is 0.311 e. The third-order valence-electron chi connectivity index (χ3n) is 4.83. The predicted octanol–water partition coefficient (Wildman–Crippen LogP) is 3.04. The normalized spacial score (nSPS) is 17.0. The van der Waals surface area contributed by atoms with Crippen LogP contribution in [-0.4, -0.2) is 40.4 Å². The molecule has 1 saturated carbocycles. The number of amides is 2. The van der Waals surface area contributed by atoms with Crippen molar-refractivity contribution in [3.05, 3.63) is 30.1 Å². The second-order valence-electron chi connectivity index (χ2n) is 6.87. The quantitative estimate of drug-likeness (QED) is 0.628. The van der Waals surface area contributed by atoms with E-state index in [2.05, 4.69) is 10.6 Å². The largest absolute Gasteiger partial charge is 0.481 e. The van der Waals surface area contributed by atoms with Crippen molar-refractivity contribution in [2.75, 3.05) is 17.6 Å². The Hall–Kier alpha value is -2.09. The lowest BCUT2D eigenvalue weighted by atomic mass is 9.74. The molecule has 1 fully saturated rings. The van der Waals surface area contributed by atoms with E-state index in [0.717, 1.165) is 31.0 Å². The van der Waals surface area contributed by atoms with Crippen molar-refractivity contribution in [2.24, 2.45) is 5.41 Å². The molecule has 0 radical (unpaired) electrons. The Bertz CT molecular complexity index is 675. The maximum atomic E-state index is 12.9. The summed E-state index contributed by atoms with van der Waals surface area (Å²) in [6, 6.07) is 5.43. The van der Waals surface area contributed by atoms with Crippen molar-refractivity contribution in [3.63, 3.8) is 0 Å². The standard InChI is InChI=1S/C19H25FN2O4S/c1-13(27-11-16(23)22-15-7-5-14(20)6-8-15)17(24)21-12-19(18(25)26)9-3-2-4-10-19/h5-8,13H,2-4,9-12H2,1H3,(H,21,24)(H,22,23)(H,25,26). The van der Waals surface area contributed by atoms with Gasteiger partial charge in [0, 0.05) is 12.2 Å². The number of rotatable bonds is 8. The number of nitrogens with one attached hydrogen (secondary N) is 2. The molecule has 0 aromatic heterocycles. The summed E-state index contributed by atoms with van der Waals surface area (Å²) >= 11 is 1.16. The van der Waals surface area contributed by atoms with E-state index in [4.69, 9.17) is 0 Å². The summed E-state index contributed by atoms with van der Waals surface area (Å²) in [5.41, 5.74) is -0.391. The van der Waals surface area contributed by atoms with E-state index in [-0.39, 0.29) is 29.9 Å². The van der Waals surface area contributed by atoms with Crippen LogP contribution in [-0.2, 0) is 14.4 Å². The molecule has 0 bridgehead atoms. The zero-order chi connectivity index (χ0) is 19.9. The van der Waals surface area contributed by atoms with Crippen LogP contribution in [0.25, 0.3) is 0 Å². The minimum absolute atomic E-state index is 0.0655. The van der Waals surface area contributed by atoms with Crippen molar-refractivity contribution in [3.8, 4) is 0 Å². The van der Waals surface area contributed by atoms with Crippen molar-refractivity contribution in [1.82, 2.24) is 5.32 Å². The van der Waals surface area contributed by atoms with Gasteiger partial charge < -0.3 is 15.7 Å². The first kappa shape index (κ1) is 21.2. The fourth-order valence-electron chi connectivity index (χ4n) is 3.10. The third-order valence-corrected chi connectivity index (χ3v) is 5.97. The van der Waals surface area contributed by atoms with Crippen LogP contribution in [0, 0.1) is 11.2 Å². The highest BCUT2D eigenvalue weighted by Gasteiger charge is 2.40. The Balaban J connectivity index is 1.76.